The van der Waals surface area contributed by atoms with E-state index in [9.17, 15) is 3.74 Å². The van der Waals surface area contributed by atoms with Gasteiger partial charge in [-0.3, -0.25) is 0 Å². The summed E-state index contributed by atoms with van der Waals surface area (Å²) in [5, 5.41) is 0. The van der Waals surface area contributed by atoms with Crippen LogP contribution < -0.4 is 4.35 Å². The monoisotopic (exact) mass is 246 g/mol. The molecule has 1 nitrogen and oxygen atoms in total. The van der Waals surface area contributed by atoms with Crippen molar-refractivity contribution in [1.29, 1.82) is 0 Å². The molecule has 0 aromatic heterocycles. The first-order valence-corrected chi connectivity index (χ1v) is 4.02. The van der Waals surface area contributed by atoms with E-state index in [4.69, 9.17) is 0 Å². The molecule has 1 rings (SSSR count). The zero-order valence-corrected chi connectivity index (χ0v) is 9.79. The van der Waals surface area contributed by atoms with Gasteiger partial charge >= 0.3 is 72.1 Å². The Balaban J connectivity index is 0.000000640. The van der Waals surface area contributed by atoms with Crippen molar-refractivity contribution in [1.82, 2.24) is 0 Å². The summed E-state index contributed by atoms with van der Waals surface area (Å²) in [6.45, 7) is 0. The van der Waals surface area contributed by atoms with Crippen LogP contribution in [0.15, 0.2) is 30.3 Å². The van der Waals surface area contributed by atoms with E-state index in [0.29, 0.717) is 0 Å². The van der Waals surface area contributed by atoms with E-state index in [1.807, 2.05) is 30.3 Å². The van der Waals surface area contributed by atoms with Gasteiger partial charge in [-0.15, -0.1) is 0 Å². The van der Waals surface area contributed by atoms with Gasteiger partial charge in [-0.1, -0.05) is 0 Å². The van der Waals surface area contributed by atoms with Gasteiger partial charge in [0.25, 0.3) is 0 Å². The molecule has 1 aromatic carbocycles. The van der Waals surface area contributed by atoms with Crippen LogP contribution in [0.3, 0.4) is 0 Å². The van der Waals surface area contributed by atoms with Crippen LogP contribution in [0.1, 0.15) is 0 Å². The fraction of sp³-hybridized carbons (Fsp3) is 0. The van der Waals surface area contributed by atoms with Crippen LogP contribution in [-0.4, -0.2) is 33.6 Å². The number of benzene rings is 1. The molecule has 0 saturated heterocycles. The van der Waals surface area contributed by atoms with Crippen molar-refractivity contribution in [2.24, 2.45) is 0 Å². The first-order valence-electron chi connectivity index (χ1n) is 2.32. The summed E-state index contributed by atoms with van der Waals surface area (Å²) in [6.07, 6.45) is 0. The molecule has 1 aromatic rings. The molecule has 9 heavy (non-hydrogen) atoms. The van der Waals surface area contributed by atoms with E-state index in [1.165, 1.54) is 0 Å². The fourth-order valence-electron chi connectivity index (χ4n) is 0.489. The Bertz CT molecular complexity index is 174. The number of hydrogen-bond acceptors (Lipinski definition) is 1. The van der Waals surface area contributed by atoms with Crippen LogP contribution in [0.25, 0.3) is 0 Å². The Kier molecular flexibility index (Phi) is 5.04. The van der Waals surface area contributed by atoms with Crippen LogP contribution in [0.2, 0.25) is 0 Å². The molecule has 0 spiro atoms. The Morgan fingerprint density at radius 3 is 2.00 bits per heavy atom. The van der Waals surface area contributed by atoms with Crippen LogP contribution in [0, 0.1) is 0 Å². The van der Waals surface area contributed by atoms with Crippen LogP contribution in [-0.2, 0) is 3.74 Å². The first-order chi connectivity index (χ1) is 3.93. The molecular weight excluding hydrogens is 238 g/mol. The molecule has 0 aliphatic rings. The van der Waals surface area contributed by atoms with E-state index >= 15 is 0 Å². The fourth-order valence-corrected chi connectivity index (χ4v) is 1.11. The normalized spacial score (nSPS) is 8.44. The van der Waals surface area contributed by atoms with Crippen LogP contribution >= 0.6 is 0 Å². The van der Waals surface area contributed by atoms with E-state index in [2.05, 4.69) is 0 Å². The summed E-state index contributed by atoms with van der Waals surface area (Å²) in [6, 6.07) is 9.44. The minimum absolute atomic E-state index is 0. The molecule has 0 saturated carbocycles. The van der Waals surface area contributed by atoms with Gasteiger partial charge in [0.1, 0.15) is 0 Å². The quantitative estimate of drug-likeness (QED) is 0.591. The second-order valence-corrected chi connectivity index (χ2v) is 2.89. The molecule has 0 aliphatic heterocycles. The maximum absolute atomic E-state index is 10.2. The van der Waals surface area contributed by atoms with Gasteiger partial charge in [0, 0.05) is 0 Å². The van der Waals surface area contributed by atoms with Gasteiger partial charge in [-0.25, -0.2) is 0 Å². The summed E-state index contributed by atoms with van der Waals surface area (Å²) >= 11 is -0.818. The topological polar surface area (TPSA) is 17.1 Å². The zero-order valence-electron chi connectivity index (χ0n) is 4.95. The van der Waals surface area contributed by atoms with Crippen LogP contribution in [0.5, 0.6) is 0 Å². The third-order valence-electron chi connectivity index (χ3n) is 0.862. The second-order valence-electron chi connectivity index (χ2n) is 1.43. The summed E-state index contributed by atoms with van der Waals surface area (Å²) < 4.78 is 11.2. The predicted octanol–water partition coefficient (Wildman–Crippen LogP) is -0.822. The molecule has 0 bridgehead atoms. The molecule has 0 fully saturated rings. The van der Waals surface area contributed by atoms with Gasteiger partial charge < -0.3 is 0 Å². The first kappa shape index (κ1) is 9.14. The molecule has 1 unspecified atom stereocenters. The second kappa shape index (κ2) is 4.96. The van der Waals surface area contributed by atoms with E-state index in [1.54, 1.807) is 0 Å². The third kappa shape index (κ3) is 2.98. The Morgan fingerprint density at radius 1 is 1.11 bits per heavy atom. The van der Waals surface area contributed by atoms with Crippen molar-refractivity contribution >= 4 is 38.0 Å². The molecular formula is C6H8As2O. The van der Waals surface area contributed by atoms with Gasteiger partial charge in [0.2, 0.25) is 0 Å². The summed E-state index contributed by atoms with van der Waals surface area (Å²) in [5.41, 5.74) is 0. The Morgan fingerprint density at radius 2 is 1.67 bits per heavy atom. The average Bonchev–Trinajstić information content (AvgIpc) is 1.90. The number of hydrogen-bond donors (Lipinski definition) is 0. The van der Waals surface area contributed by atoms with Gasteiger partial charge in [0.05, 0.1) is 0 Å². The van der Waals surface area contributed by atoms with E-state index < -0.39 is 15.7 Å². The average molecular weight is 246 g/mol. The maximum atomic E-state index is 10.2. The van der Waals surface area contributed by atoms with Gasteiger partial charge in [-0.2, -0.15) is 0 Å². The van der Waals surface area contributed by atoms with E-state index in [-0.39, 0.29) is 18.0 Å². The molecule has 0 amide bonds. The third-order valence-corrected chi connectivity index (χ3v) is 1.93. The van der Waals surface area contributed by atoms with Gasteiger partial charge in [0.15, 0.2) is 0 Å². The van der Waals surface area contributed by atoms with Crippen molar-refractivity contribution in [2.75, 3.05) is 0 Å². The zero-order chi connectivity index (χ0) is 5.82. The SMILES string of the molecule is O=[As]c1ccccc1.[AsH3]. The molecule has 1 atom stereocenters. The minimum atomic E-state index is -0.818. The molecule has 0 aliphatic carbocycles. The van der Waals surface area contributed by atoms with Gasteiger partial charge in [-0.05, 0) is 0 Å². The number of rotatable bonds is 1. The summed E-state index contributed by atoms with van der Waals surface area (Å²) in [5.74, 6) is 0. The van der Waals surface area contributed by atoms with Crippen molar-refractivity contribution in [2.45, 2.75) is 0 Å². The summed E-state index contributed by atoms with van der Waals surface area (Å²) in [4.78, 5) is 0. The molecule has 48 valence electrons. The Hall–Kier alpha value is 0.137. The molecule has 0 N–H and O–H groups in total. The Labute approximate surface area is 72.1 Å². The van der Waals surface area contributed by atoms with Crippen LogP contribution in [0.4, 0.5) is 0 Å². The van der Waals surface area contributed by atoms with E-state index in [0.717, 1.165) is 4.35 Å². The standard InChI is InChI=1S/C6H5AsO.AsH3/c8-7-6-4-2-1-3-5-6;/h1-5H;1H3. The summed E-state index contributed by atoms with van der Waals surface area (Å²) in [7, 11) is 0. The molecule has 3 heteroatoms. The predicted molar refractivity (Wildman–Crippen MR) is 42.5 cm³/mol. The van der Waals surface area contributed by atoms with Crippen molar-refractivity contribution in [3.63, 3.8) is 0 Å². The molecule has 0 heterocycles. The molecule has 0 radical (unpaired) electrons. The van der Waals surface area contributed by atoms with Crippen molar-refractivity contribution in [3.05, 3.63) is 30.3 Å². The van der Waals surface area contributed by atoms with Crippen molar-refractivity contribution < 1.29 is 3.74 Å². The van der Waals surface area contributed by atoms with Crippen molar-refractivity contribution in [3.8, 4) is 0 Å².